The van der Waals surface area contributed by atoms with Gasteiger partial charge in [0.1, 0.15) is 15.8 Å². The number of pyridine rings is 1. The third kappa shape index (κ3) is 4.55. The van der Waals surface area contributed by atoms with Gasteiger partial charge in [-0.1, -0.05) is 50.8 Å². The Balaban J connectivity index is 2.23. The van der Waals surface area contributed by atoms with Gasteiger partial charge in [-0.25, -0.2) is 4.98 Å². The third-order valence-corrected chi connectivity index (χ3v) is 6.81. The van der Waals surface area contributed by atoms with Crippen molar-refractivity contribution in [3.8, 4) is 0 Å². The van der Waals surface area contributed by atoms with Crippen molar-refractivity contribution in [1.29, 1.82) is 0 Å². The van der Waals surface area contributed by atoms with Gasteiger partial charge in [0.2, 0.25) is 0 Å². The van der Waals surface area contributed by atoms with Crippen molar-refractivity contribution in [1.82, 2.24) is 14.3 Å². The molecule has 3 heterocycles. The van der Waals surface area contributed by atoms with E-state index >= 15 is 0 Å². The maximum Gasteiger partial charge on any atom is 0.267 e. The second-order valence-electron chi connectivity index (χ2n) is 7.84. The van der Waals surface area contributed by atoms with E-state index < -0.39 is 0 Å². The Hall–Kier alpha value is -2.19. The molecule has 1 saturated heterocycles. The molecule has 1 amide bonds. The summed E-state index contributed by atoms with van der Waals surface area (Å²) in [5.74, 6) is 0.499. The number of thiocarbonyl (C=S) groups is 1. The zero-order valence-electron chi connectivity index (χ0n) is 18.8. The highest BCUT2D eigenvalue weighted by atomic mass is 32.2. The Morgan fingerprint density at radius 2 is 1.90 bits per heavy atom. The maximum atomic E-state index is 13.5. The fourth-order valence-corrected chi connectivity index (χ4v) is 5.15. The van der Waals surface area contributed by atoms with Crippen LogP contribution in [0.25, 0.3) is 11.7 Å². The van der Waals surface area contributed by atoms with Crippen LogP contribution >= 0.6 is 24.0 Å². The first kappa shape index (κ1) is 23.5. The summed E-state index contributed by atoms with van der Waals surface area (Å²) in [4.78, 5) is 35.8. The Morgan fingerprint density at radius 1 is 1.23 bits per heavy atom. The SMILES string of the molecule is CCCN(CCC)c1nc2c(C)cccn2c(=O)c1C=C1SC(=S)N(C(C)CC)C1=O. The number of carbonyl (C=O) groups excluding carboxylic acids is 1. The minimum atomic E-state index is -0.172. The lowest BCUT2D eigenvalue weighted by atomic mass is 10.2. The normalized spacial score (nSPS) is 16.5. The van der Waals surface area contributed by atoms with E-state index in [2.05, 4.69) is 18.7 Å². The van der Waals surface area contributed by atoms with Gasteiger partial charge >= 0.3 is 0 Å². The van der Waals surface area contributed by atoms with Gasteiger partial charge in [-0.3, -0.25) is 18.9 Å². The summed E-state index contributed by atoms with van der Waals surface area (Å²) in [6, 6.07) is 3.81. The molecule has 0 spiro atoms. The quantitative estimate of drug-likeness (QED) is 0.425. The van der Waals surface area contributed by atoms with Crippen LogP contribution in [-0.4, -0.2) is 43.6 Å². The predicted molar refractivity (Wildman–Crippen MR) is 134 cm³/mol. The number of aryl methyl sites for hydroxylation is 1. The maximum absolute atomic E-state index is 13.5. The van der Waals surface area contributed by atoms with Crippen molar-refractivity contribution < 1.29 is 4.79 Å². The van der Waals surface area contributed by atoms with Gasteiger partial charge in [0.25, 0.3) is 11.5 Å². The van der Waals surface area contributed by atoms with Crippen LogP contribution in [0.2, 0.25) is 0 Å². The van der Waals surface area contributed by atoms with Crippen LogP contribution in [0.15, 0.2) is 28.0 Å². The summed E-state index contributed by atoms with van der Waals surface area (Å²) in [5.41, 5.74) is 1.84. The molecule has 6 nitrogen and oxygen atoms in total. The number of nitrogens with zero attached hydrogens (tertiary/aromatic N) is 4. The number of anilines is 1. The highest BCUT2D eigenvalue weighted by Gasteiger charge is 2.35. The van der Waals surface area contributed by atoms with Crippen molar-refractivity contribution in [3.63, 3.8) is 0 Å². The molecule has 0 aliphatic carbocycles. The summed E-state index contributed by atoms with van der Waals surface area (Å²) in [5, 5.41) is 0. The number of carbonyl (C=O) groups is 1. The Morgan fingerprint density at radius 3 is 2.52 bits per heavy atom. The average molecular weight is 459 g/mol. The molecule has 1 fully saturated rings. The summed E-state index contributed by atoms with van der Waals surface area (Å²) in [6.45, 7) is 11.8. The number of rotatable bonds is 8. The summed E-state index contributed by atoms with van der Waals surface area (Å²) in [6.07, 6.45) is 6.10. The molecule has 0 N–H and O–H groups in total. The van der Waals surface area contributed by atoms with Gasteiger partial charge in [0, 0.05) is 25.3 Å². The van der Waals surface area contributed by atoms with E-state index in [1.165, 1.54) is 11.8 Å². The molecule has 1 atom stereocenters. The van der Waals surface area contributed by atoms with Gasteiger partial charge in [-0.05, 0) is 50.8 Å². The molecule has 2 aromatic rings. The van der Waals surface area contributed by atoms with Gasteiger partial charge in [0.15, 0.2) is 0 Å². The van der Waals surface area contributed by atoms with Crippen molar-refractivity contribution in [3.05, 3.63) is 44.7 Å². The number of hydrogen-bond donors (Lipinski definition) is 0. The first-order valence-electron chi connectivity index (χ1n) is 10.9. The number of amides is 1. The summed E-state index contributed by atoms with van der Waals surface area (Å²) in [7, 11) is 0. The lowest BCUT2D eigenvalue weighted by Gasteiger charge is -2.25. The molecule has 0 bridgehead atoms. The standard InChI is InChI=1S/C23H30N4O2S2/c1-6-11-25(12-7-2)20-17(21(28)26-13-9-10-15(4)19(26)24-20)14-18-22(29)27(16(5)8-3)23(30)31-18/h9-10,13-14,16H,6-8,11-12H2,1-5H3. The molecule has 1 aliphatic heterocycles. The second-order valence-corrected chi connectivity index (χ2v) is 9.51. The summed E-state index contributed by atoms with van der Waals surface area (Å²) < 4.78 is 2.10. The van der Waals surface area contributed by atoms with Crippen LogP contribution in [0.3, 0.4) is 0 Å². The fraction of sp³-hybridized carbons (Fsp3) is 0.478. The van der Waals surface area contributed by atoms with E-state index in [1.54, 1.807) is 21.6 Å². The Kier molecular flexibility index (Phi) is 7.54. The monoisotopic (exact) mass is 458 g/mol. The van der Waals surface area contributed by atoms with Crippen LogP contribution in [0.1, 0.15) is 58.1 Å². The van der Waals surface area contributed by atoms with E-state index in [0.29, 0.717) is 26.3 Å². The number of hydrogen-bond acceptors (Lipinski definition) is 6. The summed E-state index contributed by atoms with van der Waals surface area (Å²) >= 11 is 6.72. The fourth-order valence-electron chi connectivity index (χ4n) is 3.70. The van der Waals surface area contributed by atoms with E-state index in [-0.39, 0.29) is 17.5 Å². The molecule has 1 unspecified atom stereocenters. The van der Waals surface area contributed by atoms with Gasteiger partial charge in [0.05, 0.1) is 10.5 Å². The van der Waals surface area contributed by atoms with Crippen molar-refractivity contribution in [2.45, 2.75) is 59.9 Å². The van der Waals surface area contributed by atoms with Crippen LogP contribution in [0, 0.1) is 6.92 Å². The Labute approximate surface area is 193 Å². The van der Waals surface area contributed by atoms with Crippen LogP contribution < -0.4 is 10.5 Å². The topological polar surface area (TPSA) is 57.9 Å². The van der Waals surface area contributed by atoms with Gasteiger partial charge < -0.3 is 4.90 Å². The van der Waals surface area contributed by atoms with E-state index in [1.807, 2.05) is 32.9 Å². The molecule has 0 aromatic carbocycles. The molecule has 2 aromatic heterocycles. The molecular weight excluding hydrogens is 428 g/mol. The molecule has 0 radical (unpaired) electrons. The molecule has 0 saturated carbocycles. The van der Waals surface area contributed by atoms with E-state index in [0.717, 1.165) is 37.9 Å². The predicted octanol–water partition coefficient (Wildman–Crippen LogP) is 4.63. The average Bonchev–Trinajstić information content (AvgIpc) is 3.02. The highest BCUT2D eigenvalue weighted by molar-refractivity contribution is 8.26. The number of fused-ring (bicyclic) bond motifs is 1. The number of aromatic nitrogens is 2. The van der Waals surface area contributed by atoms with E-state index in [4.69, 9.17) is 17.2 Å². The van der Waals surface area contributed by atoms with Crippen molar-refractivity contribution >= 4 is 51.7 Å². The van der Waals surface area contributed by atoms with Gasteiger partial charge in [-0.15, -0.1) is 0 Å². The van der Waals surface area contributed by atoms with Crippen LogP contribution in [0.4, 0.5) is 5.82 Å². The minimum Gasteiger partial charge on any atom is -0.356 e. The lowest BCUT2D eigenvalue weighted by molar-refractivity contribution is -0.123. The zero-order valence-corrected chi connectivity index (χ0v) is 20.5. The van der Waals surface area contributed by atoms with Crippen molar-refractivity contribution in [2.24, 2.45) is 0 Å². The minimum absolute atomic E-state index is 0.0213. The molecule has 8 heteroatoms. The van der Waals surface area contributed by atoms with E-state index in [9.17, 15) is 9.59 Å². The van der Waals surface area contributed by atoms with Crippen LogP contribution in [-0.2, 0) is 4.79 Å². The molecular formula is C23H30N4O2S2. The molecule has 31 heavy (non-hydrogen) atoms. The largest absolute Gasteiger partial charge is 0.356 e. The van der Waals surface area contributed by atoms with Crippen LogP contribution in [0.5, 0.6) is 0 Å². The highest BCUT2D eigenvalue weighted by Crippen LogP contribution is 2.35. The molecule has 166 valence electrons. The molecule has 1 aliphatic rings. The smallest absolute Gasteiger partial charge is 0.267 e. The first-order valence-corrected chi connectivity index (χ1v) is 12.1. The first-order chi connectivity index (χ1) is 14.8. The van der Waals surface area contributed by atoms with Gasteiger partial charge in [-0.2, -0.15) is 0 Å². The third-order valence-electron chi connectivity index (χ3n) is 5.48. The molecule has 3 rings (SSSR count). The number of thioether (sulfide) groups is 1. The zero-order chi connectivity index (χ0) is 22.7. The van der Waals surface area contributed by atoms with Crippen molar-refractivity contribution in [2.75, 3.05) is 18.0 Å². The lowest BCUT2D eigenvalue weighted by Crippen LogP contribution is -2.36. The Bertz CT molecular complexity index is 1090. The second kappa shape index (κ2) is 9.96.